The van der Waals surface area contributed by atoms with Crippen LogP contribution >= 0.6 is 0 Å². The monoisotopic (exact) mass is 348 g/mol. The molecule has 1 amide bonds. The topological polar surface area (TPSA) is 71.3 Å². The van der Waals surface area contributed by atoms with Crippen molar-refractivity contribution in [2.45, 2.75) is 31.7 Å². The Morgan fingerprint density at radius 3 is 2.60 bits per heavy atom. The van der Waals surface area contributed by atoms with Crippen LogP contribution in [0.5, 0.6) is 0 Å². The lowest BCUT2D eigenvalue weighted by Crippen LogP contribution is -2.41. The molecule has 1 spiro atoms. The van der Waals surface area contributed by atoms with E-state index < -0.39 is 23.9 Å². The third kappa shape index (κ3) is 2.75. The SMILES string of the molecule is C[C@H](Nc1nnc(-c2ccccc2)o1)C(=O)N1CC(F)(F)C2(CC2)C1. The van der Waals surface area contributed by atoms with Gasteiger partial charge in [0.05, 0.1) is 12.0 Å². The minimum Gasteiger partial charge on any atom is -0.403 e. The van der Waals surface area contributed by atoms with Crippen LogP contribution in [-0.2, 0) is 4.79 Å². The highest BCUT2D eigenvalue weighted by molar-refractivity contribution is 5.84. The van der Waals surface area contributed by atoms with Crippen molar-refractivity contribution in [2.24, 2.45) is 5.41 Å². The van der Waals surface area contributed by atoms with E-state index in [0.29, 0.717) is 18.7 Å². The third-order valence-corrected chi connectivity index (χ3v) is 4.98. The normalized spacial score (nSPS) is 21.3. The second kappa shape index (κ2) is 5.50. The number of nitrogens with zero attached hydrogens (tertiary/aromatic N) is 3. The Labute approximate surface area is 143 Å². The Morgan fingerprint density at radius 2 is 1.96 bits per heavy atom. The number of hydrogen-bond acceptors (Lipinski definition) is 5. The molecule has 132 valence electrons. The molecule has 1 aliphatic heterocycles. The molecule has 0 bridgehead atoms. The highest BCUT2D eigenvalue weighted by Gasteiger charge is 2.67. The van der Waals surface area contributed by atoms with Gasteiger partial charge in [-0.25, -0.2) is 8.78 Å². The minimum absolute atomic E-state index is 0.0896. The molecule has 4 rings (SSSR count). The van der Waals surface area contributed by atoms with Crippen LogP contribution in [0.2, 0.25) is 0 Å². The Bertz CT molecular complexity index is 783. The number of aromatic nitrogens is 2. The lowest BCUT2D eigenvalue weighted by Gasteiger charge is -2.20. The Morgan fingerprint density at radius 1 is 1.24 bits per heavy atom. The van der Waals surface area contributed by atoms with Crippen molar-refractivity contribution >= 4 is 11.9 Å². The van der Waals surface area contributed by atoms with E-state index in [1.165, 1.54) is 4.90 Å². The summed E-state index contributed by atoms with van der Waals surface area (Å²) in [6.07, 6.45) is 0.964. The molecule has 1 saturated heterocycles. The summed E-state index contributed by atoms with van der Waals surface area (Å²) in [5, 5.41) is 10.6. The quantitative estimate of drug-likeness (QED) is 0.920. The lowest BCUT2D eigenvalue weighted by atomic mass is 10.0. The average molecular weight is 348 g/mol. The van der Waals surface area contributed by atoms with Crippen LogP contribution in [0.1, 0.15) is 19.8 Å². The summed E-state index contributed by atoms with van der Waals surface area (Å²) in [6.45, 7) is 1.20. The number of benzene rings is 1. The van der Waals surface area contributed by atoms with E-state index in [-0.39, 0.29) is 18.5 Å². The molecular weight excluding hydrogens is 330 g/mol. The molecule has 2 aromatic rings. The highest BCUT2D eigenvalue weighted by atomic mass is 19.3. The van der Waals surface area contributed by atoms with Crippen molar-refractivity contribution in [3.8, 4) is 11.5 Å². The maximum absolute atomic E-state index is 14.0. The number of hydrogen-bond donors (Lipinski definition) is 1. The molecule has 1 aromatic carbocycles. The van der Waals surface area contributed by atoms with Crippen LogP contribution in [0.25, 0.3) is 11.5 Å². The second-order valence-electron chi connectivity index (χ2n) is 6.82. The molecule has 2 fully saturated rings. The molecule has 2 heterocycles. The van der Waals surface area contributed by atoms with Gasteiger partial charge in [-0.2, -0.15) is 0 Å². The Hall–Kier alpha value is -2.51. The molecule has 1 atom stereocenters. The van der Waals surface area contributed by atoms with Gasteiger partial charge in [0.1, 0.15) is 6.04 Å². The van der Waals surface area contributed by atoms with Gasteiger partial charge in [-0.05, 0) is 31.9 Å². The van der Waals surface area contributed by atoms with Gasteiger partial charge in [-0.15, -0.1) is 5.10 Å². The molecule has 25 heavy (non-hydrogen) atoms. The van der Waals surface area contributed by atoms with Crippen molar-refractivity contribution in [2.75, 3.05) is 18.4 Å². The number of likely N-dealkylation sites (tertiary alicyclic amines) is 1. The zero-order valence-corrected chi connectivity index (χ0v) is 13.7. The van der Waals surface area contributed by atoms with E-state index in [1.807, 2.05) is 30.3 Å². The summed E-state index contributed by atoms with van der Waals surface area (Å²) in [7, 11) is 0. The summed E-state index contributed by atoms with van der Waals surface area (Å²) in [6, 6.07) is 8.58. The summed E-state index contributed by atoms with van der Waals surface area (Å²) >= 11 is 0. The fourth-order valence-corrected chi connectivity index (χ4v) is 3.27. The van der Waals surface area contributed by atoms with Crippen molar-refractivity contribution in [3.05, 3.63) is 30.3 Å². The maximum atomic E-state index is 14.0. The number of halogens is 2. The fraction of sp³-hybridized carbons (Fsp3) is 0.471. The van der Waals surface area contributed by atoms with Gasteiger partial charge < -0.3 is 14.6 Å². The van der Waals surface area contributed by atoms with Crippen molar-refractivity contribution in [3.63, 3.8) is 0 Å². The van der Waals surface area contributed by atoms with E-state index in [0.717, 1.165) is 5.56 Å². The van der Waals surface area contributed by atoms with E-state index in [1.54, 1.807) is 6.92 Å². The van der Waals surface area contributed by atoms with Gasteiger partial charge in [-0.3, -0.25) is 4.79 Å². The number of anilines is 1. The van der Waals surface area contributed by atoms with Crippen LogP contribution in [0.4, 0.5) is 14.8 Å². The Kier molecular flexibility index (Phi) is 3.52. The average Bonchev–Trinajstić information content (AvgIpc) is 3.16. The van der Waals surface area contributed by atoms with Crippen LogP contribution < -0.4 is 5.32 Å². The summed E-state index contributed by atoms with van der Waals surface area (Å²) in [5.74, 6) is -2.86. The molecular formula is C17H18F2N4O2. The Balaban J connectivity index is 1.42. The number of rotatable bonds is 4. The van der Waals surface area contributed by atoms with Gasteiger partial charge >= 0.3 is 6.01 Å². The molecule has 6 nitrogen and oxygen atoms in total. The van der Waals surface area contributed by atoms with Crippen LogP contribution in [0, 0.1) is 5.41 Å². The first-order valence-corrected chi connectivity index (χ1v) is 8.22. The molecule has 8 heteroatoms. The molecule has 0 unspecified atom stereocenters. The number of alkyl halides is 2. The first-order chi connectivity index (χ1) is 11.9. The van der Waals surface area contributed by atoms with Crippen molar-refractivity contribution < 1.29 is 18.0 Å². The van der Waals surface area contributed by atoms with Crippen LogP contribution in [0.15, 0.2) is 34.7 Å². The standard InChI is InChI=1S/C17H18F2N4O2/c1-11(14(24)23-9-16(7-8-16)17(18,19)10-23)20-15-22-21-13(25-15)12-5-3-2-4-6-12/h2-6,11H,7-10H2,1H3,(H,20,22)/t11-/m0/s1. The summed E-state index contributed by atoms with van der Waals surface area (Å²) in [5.41, 5.74) is -0.232. The van der Waals surface area contributed by atoms with Gasteiger partial charge in [0.15, 0.2) is 0 Å². The van der Waals surface area contributed by atoms with E-state index in [4.69, 9.17) is 4.42 Å². The van der Waals surface area contributed by atoms with Gasteiger partial charge in [0, 0.05) is 12.1 Å². The zero-order valence-electron chi connectivity index (χ0n) is 13.7. The number of carbonyl (C=O) groups is 1. The third-order valence-electron chi connectivity index (χ3n) is 4.98. The number of carbonyl (C=O) groups excluding carboxylic acids is 1. The molecule has 2 aliphatic rings. The summed E-state index contributed by atoms with van der Waals surface area (Å²) in [4.78, 5) is 13.7. The molecule has 1 aromatic heterocycles. The molecule has 1 saturated carbocycles. The van der Waals surface area contributed by atoms with E-state index >= 15 is 0 Å². The van der Waals surface area contributed by atoms with Crippen molar-refractivity contribution in [1.29, 1.82) is 0 Å². The predicted octanol–water partition coefficient (Wildman–Crippen LogP) is 2.79. The van der Waals surface area contributed by atoms with Gasteiger partial charge in [0.25, 0.3) is 5.92 Å². The molecule has 1 aliphatic carbocycles. The molecule has 1 N–H and O–H groups in total. The van der Waals surface area contributed by atoms with Crippen LogP contribution in [0.3, 0.4) is 0 Å². The van der Waals surface area contributed by atoms with Gasteiger partial charge in [0.2, 0.25) is 11.8 Å². The number of amides is 1. The summed E-state index contributed by atoms with van der Waals surface area (Å²) < 4.78 is 33.5. The highest BCUT2D eigenvalue weighted by Crippen LogP contribution is 2.60. The number of nitrogens with one attached hydrogen (secondary N) is 1. The first kappa shape index (κ1) is 16.0. The molecule has 0 radical (unpaired) electrons. The largest absolute Gasteiger partial charge is 0.403 e. The predicted molar refractivity (Wildman–Crippen MR) is 86.0 cm³/mol. The lowest BCUT2D eigenvalue weighted by molar-refractivity contribution is -0.132. The van der Waals surface area contributed by atoms with Crippen LogP contribution in [-0.4, -0.2) is 46.1 Å². The maximum Gasteiger partial charge on any atom is 0.316 e. The van der Waals surface area contributed by atoms with E-state index in [2.05, 4.69) is 15.5 Å². The second-order valence-corrected chi connectivity index (χ2v) is 6.82. The minimum atomic E-state index is -2.80. The smallest absolute Gasteiger partial charge is 0.316 e. The van der Waals surface area contributed by atoms with Crippen molar-refractivity contribution in [1.82, 2.24) is 15.1 Å². The fourth-order valence-electron chi connectivity index (χ4n) is 3.27. The first-order valence-electron chi connectivity index (χ1n) is 8.22. The zero-order chi connectivity index (χ0) is 17.7. The van der Waals surface area contributed by atoms with E-state index in [9.17, 15) is 13.6 Å². The van der Waals surface area contributed by atoms with Gasteiger partial charge in [-0.1, -0.05) is 23.3 Å².